The van der Waals surface area contributed by atoms with Gasteiger partial charge in [0.15, 0.2) is 0 Å². The van der Waals surface area contributed by atoms with Crippen LogP contribution < -0.4 is 5.32 Å². The zero-order chi connectivity index (χ0) is 14.8. The van der Waals surface area contributed by atoms with E-state index in [0.29, 0.717) is 5.92 Å². The fraction of sp³-hybridized carbons (Fsp3) is 0.471. The lowest BCUT2D eigenvalue weighted by molar-refractivity contribution is -0.119. The molecule has 1 saturated carbocycles. The minimum absolute atomic E-state index is 0.0131. The number of amides is 1. The van der Waals surface area contributed by atoms with Gasteiger partial charge in [-0.15, -0.1) is 0 Å². The molecule has 3 heteroatoms. The van der Waals surface area contributed by atoms with Gasteiger partial charge in [0.2, 0.25) is 5.91 Å². The van der Waals surface area contributed by atoms with Crippen LogP contribution in [0.15, 0.2) is 24.3 Å². The molecule has 0 aromatic heterocycles. The largest absolute Gasteiger partial charge is 0.394 e. The summed E-state index contributed by atoms with van der Waals surface area (Å²) >= 11 is 0. The SMILES string of the molecule is Cc1cc(C)cc(/C=C/C(=O)NC(C)(CO)C2CC2)c1. The first-order chi connectivity index (χ1) is 9.43. The smallest absolute Gasteiger partial charge is 0.244 e. The topological polar surface area (TPSA) is 49.3 Å². The van der Waals surface area contributed by atoms with Crippen molar-refractivity contribution < 1.29 is 9.90 Å². The van der Waals surface area contributed by atoms with Crippen LogP contribution in [0, 0.1) is 19.8 Å². The second-order valence-corrected chi connectivity index (χ2v) is 6.09. The zero-order valence-corrected chi connectivity index (χ0v) is 12.4. The average Bonchev–Trinajstić information content (AvgIpc) is 3.19. The number of aliphatic hydroxyl groups is 1. The van der Waals surface area contributed by atoms with Gasteiger partial charge in [-0.3, -0.25) is 4.79 Å². The van der Waals surface area contributed by atoms with E-state index in [0.717, 1.165) is 18.4 Å². The summed E-state index contributed by atoms with van der Waals surface area (Å²) in [6.45, 7) is 5.98. The molecular formula is C17H23NO2. The van der Waals surface area contributed by atoms with E-state index in [4.69, 9.17) is 0 Å². The van der Waals surface area contributed by atoms with Crippen molar-refractivity contribution in [2.24, 2.45) is 5.92 Å². The standard InChI is InChI=1S/C17H23NO2/c1-12-8-13(2)10-14(9-12)4-7-16(20)18-17(3,11-19)15-5-6-15/h4,7-10,15,19H,5-6,11H2,1-3H3,(H,18,20)/b7-4+. The third-order valence-corrected chi connectivity index (χ3v) is 3.89. The van der Waals surface area contributed by atoms with Gasteiger partial charge in [-0.1, -0.05) is 29.3 Å². The number of hydrogen-bond donors (Lipinski definition) is 2. The lowest BCUT2D eigenvalue weighted by Crippen LogP contribution is -2.50. The quantitative estimate of drug-likeness (QED) is 0.810. The van der Waals surface area contributed by atoms with Gasteiger partial charge >= 0.3 is 0 Å². The monoisotopic (exact) mass is 273 g/mol. The van der Waals surface area contributed by atoms with Crippen LogP contribution in [0.25, 0.3) is 6.08 Å². The van der Waals surface area contributed by atoms with Crippen molar-refractivity contribution in [3.63, 3.8) is 0 Å². The molecule has 1 aliphatic carbocycles. The highest BCUT2D eigenvalue weighted by Gasteiger charge is 2.41. The van der Waals surface area contributed by atoms with E-state index in [9.17, 15) is 9.90 Å². The van der Waals surface area contributed by atoms with Crippen molar-refractivity contribution in [1.29, 1.82) is 0 Å². The molecule has 108 valence electrons. The predicted molar refractivity (Wildman–Crippen MR) is 81.3 cm³/mol. The van der Waals surface area contributed by atoms with Crippen LogP contribution in [0.2, 0.25) is 0 Å². The summed E-state index contributed by atoms with van der Waals surface area (Å²) in [5.74, 6) is 0.263. The maximum Gasteiger partial charge on any atom is 0.244 e. The first kappa shape index (κ1) is 14.8. The van der Waals surface area contributed by atoms with Gasteiger partial charge in [0.05, 0.1) is 12.1 Å². The fourth-order valence-corrected chi connectivity index (χ4v) is 2.59. The number of benzene rings is 1. The summed E-state index contributed by atoms with van der Waals surface area (Å²) in [6.07, 6.45) is 5.53. The molecule has 1 aromatic carbocycles. The molecule has 20 heavy (non-hydrogen) atoms. The van der Waals surface area contributed by atoms with Crippen molar-refractivity contribution in [2.45, 2.75) is 39.2 Å². The summed E-state index contributed by atoms with van der Waals surface area (Å²) in [5.41, 5.74) is 2.91. The predicted octanol–water partition coefficient (Wildman–Crippen LogP) is 2.59. The van der Waals surface area contributed by atoms with Crippen molar-refractivity contribution >= 4 is 12.0 Å². The molecular weight excluding hydrogens is 250 g/mol. The molecule has 0 heterocycles. The molecule has 2 rings (SSSR count). The van der Waals surface area contributed by atoms with Gasteiger partial charge in [0, 0.05) is 6.08 Å². The summed E-state index contributed by atoms with van der Waals surface area (Å²) < 4.78 is 0. The molecule has 1 aliphatic rings. The van der Waals surface area contributed by atoms with E-state index in [2.05, 4.69) is 11.4 Å². The molecule has 0 aliphatic heterocycles. The highest BCUT2D eigenvalue weighted by Crippen LogP contribution is 2.39. The van der Waals surface area contributed by atoms with Crippen LogP contribution in [-0.2, 0) is 4.79 Å². The number of carbonyl (C=O) groups excluding carboxylic acids is 1. The van der Waals surface area contributed by atoms with E-state index in [1.807, 2.05) is 39.0 Å². The third-order valence-electron chi connectivity index (χ3n) is 3.89. The summed E-state index contributed by atoms with van der Waals surface area (Å²) in [5, 5.41) is 12.4. The number of carbonyl (C=O) groups is 1. The Kier molecular flexibility index (Phi) is 4.29. The van der Waals surface area contributed by atoms with Crippen LogP contribution >= 0.6 is 0 Å². The second kappa shape index (κ2) is 5.80. The Balaban J connectivity index is 2.01. The highest BCUT2D eigenvalue weighted by atomic mass is 16.3. The van der Waals surface area contributed by atoms with E-state index >= 15 is 0 Å². The highest BCUT2D eigenvalue weighted by molar-refractivity contribution is 5.92. The van der Waals surface area contributed by atoms with Gasteiger partial charge in [0.25, 0.3) is 0 Å². The normalized spacial score (nSPS) is 18.0. The molecule has 0 spiro atoms. The van der Waals surface area contributed by atoms with E-state index in [1.54, 1.807) is 6.08 Å². The van der Waals surface area contributed by atoms with Crippen molar-refractivity contribution in [3.8, 4) is 0 Å². The molecule has 2 N–H and O–H groups in total. The summed E-state index contributed by atoms with van der Waals surface area (Å²) in [4.78, 5) is 12.0. The maximum atomic E-state index is 12.0. The lowest BCUT2D eigenvalue weighted by atomic mass is 9.97. The number of aliphatic hydroxyl groups excluding tert-OH is 1. The van der Waals surface area contributed by atoms with Crippen LogP contribution in [0.5, 0.6) is 0 Å². The van der Waals surface area contributed by atoms with E-state index in [-0.39, 0.29) is 12.5 Å². The van der Waals surface area contributed by atoms with Gasteiger partial charge in [-0.2, -0.15) is 0 Å². The molecule has 0 bridgehead atoms. The van der Waals surface area contributed by atoms with Crippen LogP contribution in [-0.4, -0.2) is 23.2 Å². The van der Waals surface area contributed by atoms with Gasteiger partial charge in [0.1, 0.15) is 0 Å². The summed E-state index contributed by atoms with van der Waals surface area (Å²) in [7, 11) is 0. The van der Waals surface area contributed by atoms with Gasteiger partial charge in [-0.05, 0) is 51.2 Å². The van der Waals surface area contributed by atoms with Crippen LogP contribution in [0.3, 0.4) is 0 Å². The third kappa shape index (κ3) is 3.70. The zero-order valence-electron chi connectivity index (χ0n) is 12.4. The van der Waals surface area contributed by atoms with Gasteiger partial charge < -0.3 is 10.4 Å². The lowest BCUT2D eigenvalue weighted by Gasteiger charge is -2.28. The molecule has 3 nitrogen and oxygen atoms in total. The number of nitrogens with one attached hydrogen (secondary N) is 1. The Morgan fingerprint density at radius 2 is 1.95 bits per heavy atom. The van der Waals surface area contributed by atoms with Gasteiger partial charge in [-0.25, -0.2) is 0 Å². The first-order valence-electron chi connectivity index (χ1n) is 7.12. The molecule has 1 aromatic rings. The molecule has 1 amide bonds. The minimum Gasteiger partial charge on any atom is -0.394 e. The van der Waals surface area contributed by atoms with Crippen LogP contribution in [0.4, 0.5) is 0 Å². The Morgan fingerprint density at radius 1 is 1.35 bits per heavy atom. The Morgan fingerprint density at radius 3 is 2.45 bits per heavy atom. The average molecular weight is 273 g/mol. The molecule has 1 unspecified atom stereocenters. The van der Waals surface area contributed by atoms with Crippen molar-refractivity contribution in [3.05, 3.63) is 41.0 Å². The molecule has 0 radical (unpaired) electrons. The first-order valence-corrected chi connectivity index (χ1v) is 7.12. The van der Waals surface area contributed by atoms with Crippen molar-refractivity contribution in [1.82, 2.24) is 5.32 Å². The number of rotatable bonds is 5. The molecule has 1 fully saturated rings. The Hall–Kier alpha value is -1.61. The maximum absolute atomic E-state index is 12.0. The van der Waals surface area contributed by atoms with E-state index in [1.165, 1.54) is 11.1 Å². The Bertz CT molecular complexity index is 512. The van der Waals surface area contributed by atoms with Crippen LogP contribution in [0.1, 0.15) is 36.5 Å². The second-order valence-electron chi connectivity index (χ2n) is 6.09. The number of hydrogen-bond acceptors (Lipinski definition) is 2. The molecule has 1 atom stereocenters. The fourth-order valence-electron chi connectivity index (χ4n) is 2.59. The molecule has 0 saturated heterocycles. The number of aryl methyl sites for hydroxylation is 2. The van der Waals surface area contributed by atoms with Crippen molar-refractivity contribution in [2.75, 3.05) is 6.61 Å². The minimum atomic E-state index is -0.482. The Labute approximate surface area is 120 Å². The van der Waals surface area contributed by atoms with E-state index < -0.39 is 5.54 Å². The summed E-state index contributed by atoms with van der Waals surface area (Å²) in [6, 6.07) is 6.19.